The van der Waals surface area contributed by atoms with E-state index in [2.05, 4.69) is 5.32 Å². The Morgan fingerprint density at radius 3 is 2.56 bits per heavy atom. The Bertz CT molecular complexity index is 827. The number of benzene rings is 2. The average Bonchev–Trinajstić information content (AvgIpc) is 2.57. The van der Waals surface area contributed by atoms with Gasteiger partial charge < -0.3 is 5.32 Å². The van der Waals surface area contributed by atoms with E-state index in [0.29, 0.717) is 13.0 Å². The van der Waals surface area contributed by atoms with Crippen LogP contribution in [0.3, 0.4) is 0 Å². The van der Waals surface area contributed by atoms with Gasteiger partial charge in [0.2, 0.25) is 5.91 Å². The van der Waals surface area contributed by atoms with Crippen molar-refractivity contribution in [1.82, 2.24) is 5.32 Å². The first-order valence-electron chi connectivity index (χ1n) is 8.21. The minimum absolute atomic E-state index is 0.0368. The van der Waals surface area contributed by atoms with Gasteiger partial charge in [0.15, 0.2) is 9.84 Å². The minimum atomic E-state index is -3.16. The molecular formula is C20H23NO3S. The summed E-state index contributed by atoms with van der Waals surface area (Å²) in [5.41, 5.74) is 2.87. The summed E-state index contributed by atoms with van der Waals surface area (Å²) in [6.45, 7) is 2.33. The first kappa shape index (κ1) is 18.9. The normalized spacial score (nSPS) is 11.6. The molecule has 0 aliphatic heterocycles. The molecule has 0 saturated heterocycles. The third-order valence-corrected chi connectivity index (χ3v) is 5.31. The van der Waals surface area contributed by atoms with E-state index in [0.717, 1.165) is 16.7 Å². The quantitative estimate of drug-likeness (QED) is 0.583. The summed E-state index contributed by atoms with van der Waals surface area (Å²) in [5.74, 6) is -0.124. The highest BCUT2D eigenvalue weighted by Crippen LogP contribution is 2.07. The van der Waals surface area contributed by atoms with Crippen LogP contribution in [0.5, 0.6) is 0 Å². The molecule has 25 heavy (non-hydrogen) atoms. The van der Waals surface area contributed by atoms with Crippen LogP contribution in [0.4, 0.5) is 0 Å². The fourth-order valence-corrected chi connectivity index (χ4v) is 3.84. The largest absolute Gasteiger partial charge is 0.353 e. The fourth-order valence-electron chi connectivity index (χ4n) is 2.41. The predicted molar refractivity (Wildman–Crippen MR) is 102 cm³/mol. The van der Waals surface area contributed by atoms with Crippen molar-refractivity contribution in [2.24, 2.45) is 0 Å². The van der Waals surface area contributed by atoms with E-state index >= 15 is 0 Å². The second-order valence-electron chi connectivity index (χ2n) is 5.97. The van der Waals surface area contributed by atoms with Gasteiger partial charge in [0.25, 0.3) is 0 Å². The molecule has 132 valence electrons. The minimum Gasteiger partial charge on any atom is -0.353 e. The Hall–Kier alpha value is -2.40. The molecule has 0 saturated carbocycles. The van der Waals surface area contributed by atoms with Gasteiger partial charge in [0, 0.05) is 12.6 Å². The molecule has 0 atom stereocenters. The van der Waals surface area contributed by atoms with Gasteiger partial charge >= 0.3 is 0 Å². The van der Waals surface area contributed by atoms with Gasteiger partial charge in [0.1, 0.15) is 0 Å². The van der Waals surface area contributed by atoms with Gasteiger partial charge in [-0.15, -0.1) is 0 Å². The summed E-state index contributed by atoms with van der Waals surface area (Å²) in [6, 6.07) is 16.9. The van der Waals surface area contributed by atoms with Crippen molar-refractivity contribution in [3.05, 3.63) is 77.4 Å². The maximum atomic E-state index is 12.1. The van der Waals surface area contributed by atoms with Gasteiger partial charge in [-0.1, -0.05) is 60.2 Å². The summed E-state index contributed by atoms with van der Waals surface area (Å²) in [4.78, 5) is 11.8. The fraction of sp³-hybridized carbons (Fsp3) is 0.250. The third kappa shape index (κ3) is 7.35. The molecule has 1 amide bonds. The predicted octanol–water partition coefficient (Wildman–Crippen LogP) is 3.13. The average molecular weight is 357 g/mol. The van der Waals surface area contributed by atoms with Crippen LogP contribution in [0.1, 0.15) is 23.1 Å². The number of carbonyl (C=O) groups excluding carboxylic acids is 1. The van der Waals surface area contributed by atoms with Gasteiger partial charge in [-0.3, -0.25) is 4.79 Å². The van der Waals surface area contributed by atoms with Gasteiger partial charge in [-0.25, -0.2) is 8.42 Å². The number of aryl methyl sites for hydroxylation is 1. The zero-order valence-corrected chi connectivity index (χ0v) is 15.1. The zero-order chi connectivity index (χ0) is 18.1. The van der Waals surface area contributed by atoms with Crippen LogP contribution < -0.4 is 5.32 Å². The Kier molecular flexibility index (Phi) is 6.95. The molecule has 0 radical (unpaired) electrons. The molecule has 0 heterocycles. The molecule has 2 aromatic carbocycles. The highest BCUT2D eigenvalue weighted by atomic mass is 32.2. The van der Waals surface area contributed by atoms with E-state index in [4.69, 9.17) is 0 Å². The Morgan fingerprint density at radius 2 is 1.84 bits per heavy atom. The summed E-state index contributed by atoms with van der Waals surface area (Å²) in [7, 11) is -3.16. The number of rotatable bonds is 8. The van der Waals surface area contributed by atoms with Gasteiger partial charge in [0.05, 0.1) is 11.5 Å². The van der Waals surface area contributed by atoms with Crippen molar-refractivity contribution in [2.75, 3.05) is 12.3 Å². The van der Waals surface area contributed by atoms with Crippen LogP contribution in [0.25, 0.3) is 6.08 Å². The molecule has 0 aromatic heterocycles. The highest BCUT2D eigenvalue weighted by Gasteiger charge is 2.11. The van der Waals surface area contributed by atoms with E-state index < -0.39 is 9.84 Å². The van der Waals surface area contributed by atoms with Crippen molar-refractivity contribution in [2.45, 2.75) is 19.1 Å². The van der Waals surface area contributed by atoms with E-state index in [9.17, 15) is 13.2 Å². The lowest BCUT2D eigenvalue weighted by molar-refractivity contribution is -0.116. The molecule has 2 rings (SSSR count). The van der Waals surface area contributed by atoms with Crippen LogP contribution in [0.15, 0.2) is 60.7 Å². The van der Waals surface area contributed by atoms with Crippen molar-refractivity contribution < 1.29 is 13.2 Å². The lowest BCUT2D eigenvalue weighted by atomic mass is 10.1. The molecule has 5 heteroatoms. The van der Waals surface area contributed by atoms with Crippen LogP contribution in [0, 0.1) is 6.92 Å². The summed E-state index contributed by atoms with van der Waals surface area (Å²) >= 11 is 0. The molecular weight excluding hydrogens is 334 g/mol. The third-order valence-electron chi connectivity index (χ3n) is 3.63. The first-order valence-corrected chi connectivity index (χ1v) is 10.0. The molecule has 2 aromatic rings. The molecule has 1 N–H and O–H groups in total. The van der Waals surface area contributed by atoms with Crippen molar-refractivity contribution >= 4 is 21.8 Å². The number of carbonyl (C=O) groups is 1. The van der Waals surface area contributed by atoms with Crippen LogP contribution in [-0.4, -0.2) is 26.6 Å². The summed E-state index contributed by atoms with van der Waals surface area (Å²) in [5, 5.41) is 2.71. The van der Waals surface area contributed by atoms with Crippen molar-refractivity contribution in [1.29, 1.82) is 0 Å². The standard InChI is InChI=1S/C20H23NO3S/c1-17-7-5-10-18(15-17)11-12-20(22)21-13-6-14-25(23,24)16-19-8-3-2-4-9-19/h2-5,7-12,15H,6,13-14,16H2,1H3,(H,21,22). The molecule has 0 aliphatic carbocycles. The van der Waals surface area contributed by atoms with Crippen molar-refractivity contribution in [3.63, 3.8) is 0 Å². The Morgan fingerprint density at radius 1 is 1.08 bits per heavy atom. The topological polar surface area (TPSA) is 63.2 Å². The molecule has 0 aliphatic rings. The van der Waals surface area contributed by atoms with Crippen molar-refractivity contribution in [3.8, 4) is 0 Å². The zero-order valence-electron chi connectivity index (χ0n) is 14.3. The van der Waals surface area contributed by atoms with E-state index in [1.54, 1.807) is 18.2 Å². The maximum absolute atomic E-state index is 12.1. The number of sulfone groups is 1. The highest BCUT2D eigenvalue weighted by molar-refractivity contribution is 7.90. The summed E-state index contributed by atoms with van der Waals surface area (Å²) < 4.78 is 24.1. The molecule has 0 unspecified atom stereocenters. The number of amides is 1. The monoisotopic (exact) mass is 357 g/mol. The Labute approximate surface area is 149 Å². The van der Waals surface area contributed by atoms with Gasteiger partial charge in [-0.05, 0) is 30.5 Å². The lowest BCUT2D eigenvalue weighted by Crippen LogP contribution is -2.24. The number of hydrogen-bond acceptors (Lipinski definition) is 3. The molecule has 0 fully saturated rings. The smallest absolute Gasteiger partial charge is 0.243 e. The molecule has 0 bridgehead atoms. The molecule has 4 nitrogen and oxygen atoms in total. The lowest BCUT2D eigenvalue weighted by Gasteiger charge is -2.05. The van der Waals surface area contributed by atoms with E-state index in [1.807, 2.05) is 49.4 Å². The van der Waals surface area contributed by atoms with Crippen LogP contribution >= 0.6 is 0 Å². The summed E-state index contributed by atoms with van der Waals surface area (Å²) in [6.07, 6.45) is 3.61. The molecule has 0 spiro atoms. The first-order chi connectivity index (χ1) is 11.9. The Balaban J connectivity index is 1.72. The van der Waals surface area contributed by atoms with Gasteiger partial charge in [-0.2, -0.15) is 0 Å². The second-order valence-corrected chi connectivity index (χ2v) is 8.15. The number of hydrogen-bond donors (Lipinski definition) is 1. The van der Waals surface area contributed by atoms with Crippen LogP contribution in [0.2, 0.25) is 0 Å². The van der Waals surface area contributed by atoms with E-state index in [-0.39, 0.29) is 17.4 Å². The SMILES string of the molecule is Cc1cccc(C=CC(=O)NCCCS(=O)(=O)Cc2ccccc2)c1. The maximum Gasteiger partial charge on any atom is 0.243 e. The van der Waals surface area contributed by atoms with E-state index in [1.165, 1.54) is 6.08 Å². The van der Waals surface area contributed by atoms with Crippen LogP contribution in [-0.2, 0) is 20.4 Å². The second kappa shape index (κ2) is 9.18. The number of nitrogens with one attached hydrogen (secondary N) is 1.